The van der Waals surface area contributed by atoms with E-state index < -0.39 is 0 Å². The number of unbranched alkanes of at least 4 members (excludes halogenated alkanes) is 1. The van der Waals surface area contributed by atoms with Gasteiger partial charge in [-0.25, -0.2) is 4.31 Å². The van der Waals surface area contributed by atoms with Crippen molar-refractivity contribution in [3.05, 3.63) is 29.8 Å². The number of nitrogens with zero attached hydrogens (tertiary/aromatic N) is 2. The van der Waals surface area contributed by atoms with Crippen LogP contribution in [-0.2, 0) is 16.1 Å². The number of rotatable bonds is 9. The minimum Gasteiger partial charge on any atom is -0.497 e. The zero-order valence-corrected chi connectivity index (χ0v) is 17.9. The molecule has 5 nitrogen and oxygen atoms in total. The van der Waals surface area contributed by atoms with Gasteiger partial charge in [0.15, 0.2) is 0 Å². The molecule has 0 bridgehead atoms. The molecule has 0 radical (unpaired) electrons. The van der Waals surface area contributed by atoms with E-state index in [1.807, 2.05) is 24.3 Å². The van der Waals surface area contributed by atoms with Crippen molar-refractivity contribution in [3.8, 4) is 5.75 Å². The third-order valence-corrected chi connectivity index (χ3v) is 6.60. The number of ether oxygens (including phenoxy) is 2. The highest BCUT2D eigenvalue weighted by atomic mass is 127. The monoisotopic (exact) mass is 478 g/mol. The van der Waals surface area contributed by atoms with Crippen molar-refractivity contribution in [1.29, 1.82) is 0 Å². The number of halogens is 1. The lowest BCUT2D eigenvalue weighted by Crippen LogP contribution is -2.51. The molecule has 1 saturated heterocycles. The lowest BCUT2D eigenvalue weighted by atomic mass is 10.1. The van der Waals surface area contributed by atoms with Gasteiger partial charge in [-0.1, -0.05) is 25.5 Å². The largest absolute Gasteiger partial charge is 0.497 e. The summed E-state index contributed by atoms with van der Waals surface area (Å²) in [6, 6.07) is 7.87. The molecule has 0 spiro atoms. The zero-order chi connectivity index (χ0) is 18.1. The summed E-state index contributed by atoms with van der Waals surface area (Å²) < 4.78 is 13.0. The first kappa shape index (κ1) is 20.8. The summed E-state index contributed by atoms with van der Waals surface area (Å²) in [5.74, 6) is 0.649. The van der Waals surface area contributed by atoms with Crippen molar-refractivity contribution in [3.63, 3.8) is 0 Å². The number of carbonyl (C=O) groups excluding carboxylic acids is 1. The van der Waals surface area contributed by atoms with Crippen LogP contribution >= 0.6 is 30.3 Å². The molecule has 0 aromatic heterocycles. The molecule has 1 fully saturated rings. The highest BCUT2D eigenvalue weighted by Crippen LogP contribution is 2.24. The van der Waals surface area contributed by atoms with Crippen molar-refractivity contribution in [2.24, 2.45) is 0 Å². The molecule has 1 atom stereocenters. The SMILES string of the molecule is CCCCN1CCN(SI)CC1CC(=O)OCc1cccc(OC)c1. The van der Waals surface area contributed by atoms with Gasteiger partial charge in [0.05, 0.1) is 13.5 Å². The van der Waals surface area contributed by atoms with Crippen LogP contribution in [0.3, 0.4) is 0 Å². The molecule has 1 aromatic carbocycles. The van der Waals surface area contributed by atoms with E-state index >= 15 is 0 Å². The fourth-order valence-corrected chi connectivity index (χ4v) is 4.41. The van der Waals surface area contributed by atoms with Gasteiger partial charge in [0, 0.05) is 46.9 Å². The maximum Gasteiger partial charge on any atom is 0.307 e. The molecule has 0 saturated carbocycles. The van der Waals surface area contributed by atoms with Crippen LogP contribution in [0.5, 0.6) is 5.75 Å². The van der Waals surface area contributed by atoms with E-state index in [0.717, 1.165) is 37.5 Å². The predicted molar refractivity (Wildman–Crippen MR) is 111 cm³/mol. The zero-order valence-electron chi connectivity index (χ0n) is 14.9. The lowest BCUT2D eigenvalue weighted by molar-refractivity contribution is -0.146. The van der Waals surface area contributed by atoms with E-state index in [9.17, 15) is 4.79 Å². The average molecular weight is 478 g/mol. The molecule has 1 aliphatic heterocycles. The Kier molecular flexibility index (Phi) is 9.36. The lowest BCUT2D eigenvalue weighted by Gasteiger charge is -2.39. The van der Waals surface area contributed by atoms with E-state index in [-0.39, 0.29) is 12.0 Å². The number of methoxy groups -OCH3 is 1. The first-order chi connectivity index (χ1) is 12.2. The first-order valence-corrected chi connectivity index (χ1v) is 12.0. The van der Waals surface area contributed by atoms with E-state index in [2.05, 4.69) is 37.3 Å². The molecule has 0 N–H and O–H groups in total. The molecule has 1 aromatic rings. The van der Waals surface area contributed by atoms with E-state index in [1.54, 1.807) is 16.2 Å². The highest BCUT2D eigenvalue weighted by molar-refractivity contribution is 14.2. The number of piperazine rings is 1. The topological polar surface area (TPSA) is 42.0 Å². The fraction of sp³-hybridized carbons (Fsp3) is 0.611. The second kappa shape index (κ2) is 11.3. The Morgan fingerprint density at radius 1 is 1.40 bits per heavy atom. The summed E-state index contributed by atoms with van der Waals surface area (Å²) in [6.07, 6.45) is 2.79. The molecule has 1 aliphatic rings. The average Bonchev–Trinajstić information content (AvgIpc) is 2.65. The number of esters is 1. The summed E-state index contributed by atoms with van der Waals surface area (Å²) in [6.45, 7) is 6.53. The summed E-state index contributed by atoms with van der Waals surface area (Å²) in [4.78, 5) is 14.8. The number of benzene rings is 1. The summed E-state index contributed by atoms with van der Waals surface area (Å²) >= 11 is 2.31. The van der Waals surface area contributed by atoms with Crippen LogP contribution in [0.25, 0.3) is 0 Å². The maximum absolute atomic E-state index is 12.3. The van der Waals surface area contributed by atoms with Crippen LogP contribution in [-0.4, -0.2) is 54.5 Å². The minimum absolute atomic E-state index is 0.130. The maximum atomic E-state index is 12.3. The van der Waals surface area contributed by atoms with Gasteiger partial charge in [-0.3, -0.25) is 9.69 Å². The van der Waals surface area contributed by atoms with Crippen molar-refractivity contribution in [1.82, 2.24) is 9.21 Å². The van der Waals surface area contributed by atoms with Gasteiger partial charge < -0.3 is 9.47 Å². The normalized spacial score (nSPS) is 18.9. The number of hydrogen-bond donors (Lipinski definition) is 0. The molecule has 1 unspecified atom stereocenters. The van der Waals surface area contributed by atoms with Gasteiger partial charge >= 0.3 is 5.97 Å². The molecule has 7 heteroatoms. The van der Waals surface area contributed by atoms with Crippen molar-refractivity contribution in [2.45, 2.75) is 38.8 Å². The summed E-state index contributed by atoms with van der Waals surface area (Å²) in [5, 5.41) is 0. The highest BCUT2D eigenvalue weighted by Gasteiger charge is 2.29. The molecule has 2 rings (SSSR count). The fourth-order valence-electron chi connectivity index (χ4n) is 2.95. The third kappa shape index (κ3) is 6.96. The van der Waals surface area contributed by atoms with E-state index in [0.29, 0.717) is 13.0 Å². The Labute approximate surface area is 167 Å². The van der Waals surface area contributed by atoms with Crippen molar-refractivity contribution in [2.75, 3.05) is 33.3 Å². The van der Waals surface area contributed by atoms with Gasteiger partial charge in [-0.05, 0) is 39.8 Å². The van der Waals surface area contributed by atoms with Gasteiger partial charge in [0.2, 0.25) is 0 Å². The first-order valence-electron chi connectivity index (χ1n) is 8.72. The van der Waals surface area contributed by atoms with E-state index in [4.69, 9.17) is 9.47 Å². The predicted octanol–water partition coefficient (Wildman–Crippen LogP) is 3.91. The Bertz CT molecular complexity index is 547. The quantitative estimate of drug-likeness (QED) is 0.305. The van der Waals surface area contributed by atoms with Crippen LogP contribution < -0.4 is 4.74 Å². The molecule has 25 heavy (non-hydrogen) atoms. The number of carbonyl (C=O) groups is 1. The van der Waals surface area contributed by atoms with Gasteiger partial charge in [0.25, 0.3) is 0 Å². The second-order valence-electron chi connectivity index (χ2n) is 6.22. The smallest absolute Gasteiger partial charge is 0.307 e. The van der Waals surface area contributed by atoms with Crippen LogP contribution in [0.15, 0.2) is 24.3 Å². The molecular weight excluding hydrogens is 451 g/mol. The Morgan fingerprint density at radius 2 is 2.24 bits per heavy atom. The molecule has 1 heterocycles. The molecule has 0 amide bonds. The van der Waals surface area contributed by atoms with Gasteiger partial charge in [-0.15, -0.1) is 0 Å². The summed E-state index contributed by atoms with van der Waals surface area (Å²) in [5.41, 5.74) is 0.948. The van der Waals surface area contributed by atoms with Crippen LogP contribution in [0, 0.1) is 0 Å². The van der Waals surface area contributed by atoms with Crippen molar-refractivity contribution < 1.29 is 14.3 Å². The number of hydrogen-bond acceptors (Lipinski definition) is 6. The van der Waals surface area contributed by atoms with Gasteiger partial charge in [-0.2, -0.15) is 0 Å². The van der Waals surface area contributed by atoms with Crippen molar-refractivity contribution >= 4 is 36.3 Å². The van der Waals surface area contributed by atoms with Crippen LogP contribution in [0.1, 0.15) is 31.7 Å². The minimum atomic E-state index is -0.130. The van der Waals surface area contributed by atoms with Gasteiger partial charge in [0.1, 0.15) is 12.4 Å². The Morgan fingerprint density at radius 3 is 2.96 bits per heavy atom. The summed E-state index contributed by atoms with van der Waals surface area (Å²) in [7, 11) is 3.36. The molecule has 140 valence electrons. The van der Waals surface area contributed by atoms with E-state index in [1.165, 1.54) is 12.8 Å². The van der Waals surface area contributed by atoms with Crippen LogP contribution in [0.2, 0.25) is 0 Å². The van der Waals surface area contributed by atoms with Crippen LogP contribution in [0.4, 0.5) is 0 Å². The Balaban J connectivity index is 1.86. The standard InChI is InChI=1S/C18H27IN2O3S/c1-3-4-8-20-9-10-21(25-19)13-16(20)12-18(22)24-14-15-6-5-7-17(11-15)23-2/h5-7,11,16H,3-4,8-10,12-14H2,1-2H3. The third-order valence-electron chi connectivity index (χ3n) is 4.40. The molecular formula is C18H27IN2O3S. The second-order valence-corrected chi connectivity index (χ2v) is 8.05. The Hall–Kier alpha value is -0.510. The molecule has 0 aliphatic carbocycles.